The summed E-state index contributed by atoms with van der Waals surface area (Å²) in [5.41, 5.74) is 3.16. The fourth-order valence-corrected chi connectivity index (χ4v) is 5.71. The molecule has 3 aromatic rings. The van der Waals surface area contributed by atoms with Gasteiger partial charge in [0, 0.05) is 13.1 Å². The summed E-state index contributed by atoms with van der Waals surface area (Å²) >= 11 is 0. The van der Waals surface area contributed by atoms with Crippen LogP contribution in [-0.2, 0) is 26.2 Å². The molecule has 0 fully saturated rings. The number of rotatable bonds is 12. The van der Waals surface area contributed by atoms with Crippen LogP contribution in [0.5, 0.6) is 5.75 Å². The van der Waals surface area contributed by atoms with E-state index in [0.29, 0.717) is 24.4 Å². The summed E-state index contributed by atoms with van der Waals surface area (Å²) in [6.45, 7) is 7.62. The molecule has 0 radical (unpaired) electrons. The minimum atomic E-state index is -4.13. The monoisotopic (exact) mass is 551 g/mol. The van der Waals surface area contributed by atoms with E-state index in [9.17, 15) is 18.0 Å². The Balaban J connectivity index is 2.06. The summed E-state index contributed by atoms with van der Waals surface area (Å²) < 4.78 is 34.1. The van der Waals surface area contributed by atoms with Crippen molar-refractivity contribution in [1.29, 1.82) is 0 Å². The molecule has 0 unspecified atom stereocenters. The van der Waals surface area contributed by atoms with E-state index in [2.05, 4.69) is 5.32 Å². The second-order valence-corrected chi connectivity index (χ2v) is 11.2. The van der Waals surface area contributed by atoms with Gasteiger partial charge in [-0.3, -0.25) is 13.9 Å². The van der Waals surface area contributed by atoms with Gasteiger partial charge in [-0.25, -0.2) is 8.42 Å². The van der Waals surface area contributed by atoms with Gasteiger partial charge in [0.1, 0.15) is 18.3 Å². The van der Waals surface area contributed by atoms with Crippen molar-refractivity contribution in [1.82, 2.24) is 10.2 Å². The van der Waals surface area contributed by atoms with Crippen molar-refractivity contribution in [3.8, 4) is 5.75 Å². The van der Waals surface area contributed by atoms with Crippen molar-refractivity contribution in [3.63, 3.8) is 0 Å². The van der Waals surface area contributed by atoms with Crippen LogP contribution in [0.2, 0.25) is 0 Å². The van der Waals surface area contributed by atoms with Crippen molar-refractivity contribution in [2.45, 2.75) is 51.6 Å². The summed E-state index contributed by atoms with van der Waals surface area (Å²) in [6.07, 6.45) is 0.374. The zero-order chi connectivity index (χ0) is 28.6. The van der Waals surface area contributed by atoms with E-state index >= 15 is 0 Å². The Hall–Kier alpha value is -3.85. The van der Waals surface area contributed by atoms with Gasteiger partial charge in [0.15, 0.2) is 0 Å². The maximum atomic E-state index is 14.0. The normalized spacial score (nSPS) is 11.9. The Bertz CT molecular complexity index is 1370. The lowest BCUT2D eigenvalue weighted by molar-refractivity contribution is -0.140. The number of sulfonamides is 1. The standard InChI is InChI=1S/C30H37N3O5S/c1-6-28(30(35)31-7-2)32(20-24-11-9-8-10-23(24)4)29(34)21-33(25-14-12-22(3)13-15-25)39(36,37)27-18-16-26(38-5)17-19-27/h8-19,28H,6-7,20-21H2,1-5H3,(H,31,35)/t28-/m0/s1. The first-order valence-electron chi connectivity index (χ1n) is 13.0. The Labute approximate surface area is 231 Å². The first-order chi connectivity index (χ1) is 18.6. The van der Waals surface area contributed by atoms with E-state index in [0.717, 1.165) is 21.0 Å². The number of likely N-dealkylation sites (N-methyl/N-ethyl adjacent to an activating group) is 1. The number of anilines is 1. The number of carbonyl (C=O) groups is 2. The van der Waals surface area contributed by atoms with E-state index in [4.69, 9.17) is 4.74 Å². The summed E-state index contributed by atoms with van der Waals surface area (Å²) in [5.74, 6) is -0.236. The van der Waals surface area contributed by atoms with E-state index in [1.165, 1.54) is 24.1 Å². The molecule has 0 saturated heterocycles. The van der Waals surface area contributed by atoms with Gasteiger partial charge in [-0.05, 0) is 74.7 Å². The van der Waals surface area contributed by atoms with Crippen LogP contribution in [0.25, 0.3) is 0 Å². The van der Waals surface area contributed by atoms with Crippen molar-refractivity contribution in [2.24, 2.45) is 0 Å². The molecule has 0 bridgehead atoms. The number of aryl methyl sites for hydroxylation is 2. The molecule has 1 atom stereocenters. The quantitative estimate of drug-likeness (QED) is 0.359. The minimum Gasteiger partial charge on any atom is -0.497 e. The Morgan fingerprint density at radius 1 is 0.923 bits per heavy atom. The number of carbonyl (C=O) groups excluding carboxylic acids is 2. The van der Waals surface area contributed by atoms with Crippen molar-refractivity contribution in [2.75, 3.05) is 24.5 Å². The number of nitrogens with zero attached hydrogens (tertiary/aromatic N) is 2. The Morgan fingerprint density at radius 2 is 1.56 bits per heavy atom. The second kappa shape index (κ2) is 13.3. The lowest BCUT2D eigenvalue weighted by Crippen LogP contribution is -2.52. The number of amides is 2. The van der Waals surface area contributed by atoms with Crippen LogP contribution < -0.4 is 14.4 Å². The van der Waals surface area contributed by atoms with Gasteiger partial charge < -0.3 is 15.0 Å². The van der Waals surface area contributed by atoms with Gasteiger partial charge in [0.05, 0.1) is 17.7 Å². The van der Waals surface area contributed by atoms with Crippen LogP contribution in [-0.4, -0.2) is 51.4 Å². The van der Waals surface area contributed by atoms with Crippen LogP contribution in [0.4, 0.5) is 5.69 Å². The van der Waals surface area contributed by atoms with Crippen LogP contribution in [0.3, 0.4) is 0 Å². The highest BCUT2D eigenvalue weighted by Gasteiger charge is 2.33. The first kappa shape index (κ1) is 29.7. The SMILES string of the molecule is CCNC(=O)[C@H](CC)N(Cc1ccccc1C)C(=O)CN(c1ccc(C)cc1)S(=O)(=O)c1ccc(OC)cc1. The van der Waals surface area contributed by atoms with Gasteiger partial charge >= 0.3 is 0 Å². The third kappa shape index (κ3) is 7.17. The molecule has 0 aliphatic heterocycles. The summed E-state index contributed by atoms with van der Waals surface area (Å²) in [6, 6.07) is 19.9. The molecule has 39 heavy (non-hydrogen) atoms. The molecule has 0 saturated carbocycles. The largest absolute Gasteiger partial charge is 0.497 e. The van der Waals surface area contributed by atoms with Crippen molar-refractivity contribution < 1.29 is 22.7 Å². The Kier molecular flexibility index (Phi) is 10.1. The van der Waals surface area contributed by atoms with Gasteiger partial charge in [-0.2, -0.15) is 0 Å². The van der Waals surface area contributed by atoms with Gasteiger partial charge in [0.25, 0.3) is 10.0 Å². The molecule has 8 nitrogen and oxygen atoms in total. The highest BCUT2D eigenvalue weighted by Crippen LogP contribution is 2.26. The summed E-state index contributed by atoms with van der Waals surface area (Å²) in [4.78, 5) is 28.5. The fraction of sp³-hybridized carbons (Fsp3) is 0.333. The van der Waals surface area contributed by atoms with Crippen LogP contribution in [0, 0.1) is 13.8 Å². The number of benzene rings is 3. The van der Waals surface area contributed by atoms with Crippen LogP contribution in [0.1, 0.15) is 37.0 Å². The lowest BCUT2D eigenvalue weighted by atomic mass is 10.1. The molecular weight excluding hydrogens is 514 g/mol. The third-order valence-electron chi connectivity index (χ3n) is 6.59. The molecule has 0 aromatic heterocycles. The molecule has 0 spiro atoms. The Morgan fingerprint density at radius 3 is 2.13 bits per heavy atom. The molecule has 0 aliphatic rings. The van der Waals surface area contributed by atoms with E-state index in [1.807, 2.05) is 52.0 Å². The van der Waals surface area contributed by atoms with Gasteiger partial charge in [-0.1, -0.05) is 48.9 Å². The zero-order valence-electron chi connectivity index (χ0n) is 23.2. The minimum absolute atomic E-state index is 0.0258. The number of hydrogen-bond acceptors (Lipinski definition) is 5. The smallest absolute Gasteiger partial charge is 0.264 e. The topological polar surface area (TPSA) is 96.0 Å². The lowest BCUT2D eigenvalue weighted by Gasteiger charge is -2.33. The molecule has 3 aromatic carbocycles. The van der Waals surface area contributed by atoms with Gasteiger partial charge in [0.2, 0.25) is 11.8 Å². The van der Waals surface area contributed by atoms with E-state index in [1.54, 1.807) is 36.4 Å². The predicted octanol–water partition coefficient (Wildman–Crippen LogP) is 4.45. The molecule has 0 heterocycles. The predicted molar refractivity (Wildman–Crippen MR) is 153 cm³/mol. The fourth-order valence-electron chi connectivity index (χ4n) is 4.30. The molecule has 0 aliphatic carbocycles. The number of methoxy groups -OCH3 is 1. The molecule has 208 valence electrons. The van der Waals surface area contributed by atoms with Gasteiger partial charge in [-0.15, -0.1) is 0 Å². The molecule has 3 rings (SSSR count). The highest BCUT2D eigenvalue weighted by molar-refractivity contribution is 7.92. The molecule has 1 N–H and O–H groups in total. The maximum absolute atomic E-state index is 14.0. The van der Waals surface area contributed by atoms with Crippen LogP contribution >= 0.6 is 0 Å². The molecule has 2 amide bonds. The van der Waals surface area contributed by atoms with Crippen LogP contribution in [0.15, 0.2) is 77.7 Å². The summed E-state index contributed by atoms with van der Waals surface area (Å²) in [7, 11) is -2.63. The van der Waals surface area contributed by atoms with E-state index in [-0.39, 0.29) is 17.3 Å². The summed E-state index contributed by atoms with van der Waals surface area (Å²) in [5, 5.41) is 2.81. The van der Waals surface area contributed by atoms with Crippen molar-refractivity contribution in [3.05, 3.63) is 89.5 Å². The average Bonchev–Trinajstić information content (AvgIpc) is 2.93. The van der Waals surface area contributed by atoms with Crippen molar-refractivity contribution >= 4 is 27.5 Å². The maximum Gasteiger partial charge on any atom is 0.264 e. The highest BCUT2D eigenvalue weighted by atomic mass is 32.2. The molecule has 9 heteroatoms. The second-order valence-electron chi connectivity index (χ2n) is 9.29. The third-order valence-corrected chi connectivity index (χ3v) is 8.38. The number of ether oxygens (including phenoxy) is 1. The first-order valence-corrected chi connectivity index (χ1v) is 14.4. The average molecular weight is 552 g/mol. The molecular formula is C30H37N3O5S. The number of hydrogen-bond donors (Lipinski definition) is 1. The zero-order valence-corrected chi connectivity index (χ0v) is 24.0. The number of nitrogens with one attached hydrogen (secondary N) is 1. The van der Waals surface area contributed by atoms with E-state index < -0.39 is 28.5 Å².